The zero-order valence-electron chi connectivity index (χ0n) is 15.7. The molecule has 2 rings (SSSR count). The maximum absolute atomic E-state index is 12.4. The number of amides is 1. The van der Waals surface area contributed by atoms with Crippen molar-refractivity contribution in [1.82, 2.24) is 5.16 Å². The first-order chi connectivity index (χ1) is 12.0. The van der Waals surface area contributed by atoms with Gasteiger partial charge in [0, 0.05) is 19.0 Å². The summed E-state index contributed by atoms with van der Waals surface area (Å²) in [7, 11) is -3.55. The lowest BCUT2D eigenvalue weighted by atomic mass is 9.86. The van der Waals surface area contributed by atoms with E-state index in [0.717, 1.165) is 11.8 Å². The third-order valence-electron chi connectivity index (χ3n) is 3.82. The van der Waals surface area contributed by atoms with E-state index in [4.69, 9.17) is 4.52 Å². The predicted molar refractivity (Wildman–Crippen MR) is 102 cm³/mol. The summed E-state index contributed by atoms with van der Waals surface area (Å²) in [5.74, 6) is 0.561. The standard InChI is InChI=1S/C18H25N3O4S/c1-13-12-16(20-25-13)19-17(22)10-11-21(26(5,23)24)15-9-7-6-8-14(15)18(2,3)4/h6-9,12H,10-11H2,1-5H3,(H,19,20,22). The third kappa shape index (κ3) is 5.08. The van der Waals surface area contributed by atoms with Crippen LogP contribution in [0.2, 0.25) is 0 Å². The molecule has 0 saturated heterocycles. The molecular weight excluding hydrogens is 354 g/mol. The van der Waals surface area contributed by atoms with Crippen LogP contribution in [0.5, 0.6) is 0 Å². The molecule has 1 N–H and O–H groups in total. The first-order valence-corrected chi connectivity index (χ1v) is 10.1. The van der Waals surface area contributed by atoms with Crippen LogP contribution >= 0.6 is 0 Å². The normalized spacial score (nSPS) is 12.0. The number of nitrogens with one attached hydrogen (secondary N) is 1. The molecular formula is C18H25N3O4S. The molecule has 1 aromatic heterocycles. The molecule has 0 unspecified atom stereocenters. The molecule has 0 aliphatic rings. The average Bonchev–Trinajstić information content (AvgIpc) is 2.90. The van der Waals surface area contributed by atoms with Gasteiger partial charge in [0.25, 0.3) is 0 Å². The van der Waals surface area contributed by atoms with Crippen LogP contribution in [0, 0.1) is 6.92 Å². The highest BCUT2D eigenvalue weighted by Crippen LogP contribution is 2.33. The van der Waals surface area contributed by atoms with Crippen LogP contribution < -0.4 is 9.62 Å². The third-order valence-corrected chi connectivity index (χ3v) is 5.00. The molecule has 0 atom stereocenters. The van der Waals surface area contributed by atoms with E-state index in [-0.39, 0.29) is 24.3 Å². The molecule has 0 fully saturated rings. The first kappa shape index (κ1) is 20.0. The van der Waals surface area contributed by atoms with Gasteiger partial charge in [0.2, 0.25) is 15.9 Å². The van der Waals surface area contributed by atoms with Gasteiger partial charge in [0.1, 0.15) is 5.76 Å². The minimum Gasteiger partial charge on any atom is -0.360 e. The minimum atomic E-state index is -3.55. The maximum atomic E-state index is 12.4. The second kappa shape index (κ2) is 7.49. The number of aryl methyl sites for hydroxylation is 1. The highest BCUT2D eigenvalue weighted by Gasteiger charge is 2.26. The van der Waals surface area contributed by atoms with Crippen molar-refractivity contribution >= 4 is 27.4 Å². The number of hydrogen-bond acceptors (Lipinski definition) is 5. The number of benzene rings is 1. The Kier molecular flexibility index (Phi) is 5.75. The number of nitrogens with zero attached hydrogens (tertiary/aromatic N) is 2. The lowest BCUT2D eigenvalue weighted by Gasteiger charge is -2.29. The van der Waals surface area contributed by atoms with E-state index in [2.05, 4.69) is 10.5 Å². The molecule has 7 nitrogen and oxygen atoms in total. The van der Waals surface area contributed by atoms with Crippen LogP contribution in [-0.2, 0) is 20.2 Å². The number of anilines is 2. The highest BCUT2D eigenvalue weighted by atomic mass is 32.2. The number of sulfonamides is 1. The second-order valence-electron chi connectivity index (χ2n) is 7.22. The minimum absolute atomic E-state index is 0.00253. The number of hydrogen-bond donors (Lipinski definition) is 1. The number of aromatic nitrogens is 1. The summed E-state index contributed by atoms with van der Waals surface area (Å²) in [5.41, 5.74) is 1.26. The first-order valence-electron chi connectivity index (χ1n) is 8.29. The number of carbonyl (C=O) groups excluding carboxylic acids is 1. The van der Waals surface area contributed by atoms with Crippen LogP contribution in [0.1, 0.15) is 38.5 Å². The summed E-state index contributed by atoms with van der Waals surface area (Å²) in [6.45, 7) is 7.82. The molecule has 0 bridgehead atoms. The average molecular weight is 379 g/mol. The van der Waals surface area contributed by atoms with Crippen LogP contribution in [0.3, 0.4) is 0 Å². The fourth-order valence-corrected chi connectivity index (χ4v) is 3.56. The van der Waals surface area contributed by atoms with E-state index in [0.29, 0.717) is 17.3 Å². The van der Waals surface area contributed by atoms with Crippen molar-refractivity contribution in [2.75, 3.05) is 22.4 Å². The molecule has 26 heavy (non-hydrogen) atoms. The van der Waals surface area contributed by atoms with Gasteiger partial charge >= 0.3 is 0 Å². The molecule has 0 aliphatic heterocycles. The van der Waals surface area contributed by atoms with Crippen molar-refractivity contribution in [2.24, 2.45) is 0 Å². The van der Waals surface area contributed by atoms with Crippen LogP contribution in [0.4, 0.5) is 11.5 Å². The zero-order chi connectivity index (χ0) is 19.5. The molecule has 1 aromatic carbocycles. The van der Waals surface area contributed by atoms with Gasteiger partial charge in [-0.05, 0) is 24.0 Å². The van der Waals surface area contributed by atoms with E-state index in [1.54, 1.807) is 25.1 Å². The van der Waals surface area contributed by atoms with Gasteiger partial charge in [-0.25, -0.2) is 8.42 Å². The Hall–Kier alpha value is -2.35. The summed E-state index contributed by atoms with van der Waals surface area (Å²) >= 11 is 0. The Morgan fingerprint density at radius 2 is 1.92 bits per heavy atom. The molecule has 0 aliphatic carbocycles. The monoisotopic (exact) mass is 379 g/mol. The number of carbonyl (C=O) groups is 1. The topological polar surface area (TPSA) is 92.5 Å². The van der Waals surface area contributed by atoms with Gasteiger partial charge in [-0.1, -0.05) is 44.1 Å². The quantitative estimate of drug-likeness (QED) is 0.833. The lowest BCUT2D eigenvalue weighted by molar-refractivity contribution is -0.116. The molecule has 2 aromatic rings. The SMILES string of the molecule is Cc1cc(NC(=O)CCN(c2ccccc2C(C)(C)C)S(C)(=O)=O)no1. The van der Waals surface area contributed by atoms with Gasteiger partial charge < -0.3 is 9.84 Å². The van der Waals surface area contributed by atoms with Crippen molar-refractivity contribution in [1.29, 1.82) is 0 Å². The molecule has 0 spiro atoms. The Balaban J connectivity index is 2.21. The summed E-state index contributed by atoms with van der Waals surface area (Å²) in [6, 6.07) is 8.94. The Morgan fingerprint density at radius 3 is 2.46 bits per heavy atom. The van der Waals surface area contributed by atoms with Gasteiger partial charge in [-0.2, -0.15) is 0 Å². The molecule has 1 heterocycles. The van der Waals surface area contributed by atoms with Crippen molar-refractivity contribution in [2.45, 2.75) is 39.5 Å². The maximum Gasteiger partial charge on any atom is 0.232 e. The van der Waals surface area contributed by atoms with E-state index in [1.165, 1.54) is 4.31 Å². The zero-order valence-corrected chi connectivity index (χ0v) is 16.6. The second-order valence-corrected chi connectivity index (χ2v) is 9.13. The van der Waals surface area contributed by atoms with E-state index in [9.17, 15) is 13.2 Å². The largest absolute Gasteiger partial charge is 0.360 e. The molecule has 1 amide bonds. The number of para-hydroxylation sites is 1. The lowest BCUT2D eigenvalue weighted by Crippen LogP contribution is -2.34. The van der Waals surface area contributed by atoms with E-state index in [1.807, 2.05) is 32.9 Å². The summed E-state index contributed by atoms with van der Waals surface area (Å²) < 4.78 is 30.9. The van der Waals surface area contributed by atoms with Crippen LogP contribution in [0.25, 0.3) is 0 Å². The van der Waals surface area contributed by atoms with E-state index < -0.39 is 10.0 Å². The van der Waals surface area contributed by atoms with Gasteiger partial charge in [-0.15, -0.1) is 0 Å². The Labute approximate surface area is 154 Å². The van der Waals surface area contributed by atoms with Gasteiger partial charge in [0.05, 0.1) is 11.9 Å². The van der Waals surface area contributed by atoms with E-state index >= 15 is 0 Å². The predicted octanol–water partition coefficient (Wildman–Crippen LogP) is 3.08. The van der Waals surface area contributed by atoms with Gasteiger partial charge in [0.15, 0.2) is 5.82 Å². The summed E-state index contributed by atoms with van der Waals surface area (Å²) in [6.07, 6.45) is 1.14. The van der Waals surface area contributed by atoms with Crippen LogP contribution in [-0.4, -0.2) is 32.3 Å². The van der Waals surface area contributed by atoms with Crippen molar-refractivity contribution in [3.8, 4) is 0 Å². The van der Waals surface area contributed by atoms with Crippen molar-refractivity contribution in [3.05, 3.63) is 41.7 Å². The van der Waals surface area contributed by atoms with Crippen molar-refractivity contribution < 1.29 is 17.7 Å². The molecule has 0 radical (unpaired) electrons. The molecule has 142 valence electrons. The molecule has 0 saturated carbocycles. The highest BCUT2D eigenvalue weighted by molar-refractivity contribution is 7.92. The van der Waals surface area contributed by atoms with Gasteiger partial charge in [-0.3, -0.25) is 9.10 Å². The summed E-state index contributed by atoms with van der Waals surface area (Å²) in [4.78, 5) is 12.2. The fourth-order valence-electron chi connectivity index (χ4n) is 2.62. The molecule has 8 heteroatoms. The fraction of sp³-hybridized carbons (Fsp3) is 0.444. The smallest absolute Gasteiger partial charge is 0.232 e. The Bertz CT molecular complexity index is 882. The number of rotatable bonds is 6. The summed E-state index contributed by atoms with van der Waals surface area (Å²) in [5, 5.41) is 6.30. The Morgan fingerprint density at radius 1 is 1.27 bits per heavy atom. The van der Waals surface area contributed by atoms with Crippen molar-refractivity contribution in [3.63, 3.8) is 0 Å². The van der Waals surface area contributed by atoms with Crippen LogP contribution in [0.15, 0.2) is 34.9 Å².